The van der Waals surface area contributed by atoms with Gasteiger partial charge in [0.1, 0.15) is 9.88 Å². The van der Waals surface area contributed by atoms with E-state index >= 15 is 0 Å². The maximum atomic E-state index is 12.7. The first kappa shape index (κ1) is 18.5. The molecule has 5 rings (SSSR count). The third kappa shape index (κ3) is 3.28. The smallest absolute Gasteiger partial charge is 0.267 e. The summed E-state index contributed by atoms with van der Waals surface area (Å²) >= 11 is 15.2. The van der Waals surface area contributed by atoms with E-state index in [0.29, 0.717) is 20.6 Å². The van der Waals surface area contributed by atoms with E-state index in [9.17, 15) is 4.79 Å². The summed E-state index contributed by atoms with van der Waals surface area (Å²) in [5.41, 5.74) is 1.61. The highest BCUT2D eigenvalue weighted by Crippen LogP contribution is 2.37. The number of carbonyl (C=O) groups excluding carboxylic acids is 1. The van der Waals surface area contributed by atoms with Crippen molar-refractivity contribution in [3.8, 4) is 10.6 Å². The van der Waals surface area contributed by atoms with Crippen LogP contribution in [0.25, 0.3) is 25.6 Å². The van der Waals surface area contributed by atoms with Gasteiger partial charge in [-0.25, -0.2) is 0 Å². The van der Waals surface area contributed by atoms with E-state index in [1.165, 1.54) is 22.7 Å². The monoisotopic (exact) mass is 459 g/mol. The molecule has 2 aromatic carbocycles. The Bertz CT molecular complexity index is 1390. The molecule has 10 heteroatoms. The average Bonchev–Trinajstić information content (AvgIpc) is 3.37. The lowest BCUT2D eigenvalue weighted by molar-refractivity contribution is 0.103. The molecule has 0 saturated heterocycles. The van der Waals surface area contributed by atoms with E-state index in [4.69, 9.17) is 23.2 Å². The number of carbonyl (C=O) groups is 1. The van der Waals surface area contributed by atoms with Crippen molar-refractivity contribution in [3.05, 3.63) is 63.2 Å². The number of amides is 1. The van der Waals surface area contributed by atoms with Gasteiger partial charge in [-0.3, -0.25) is 4.79 Å². The van der Waals surface area contributed by atoms with E-state index in [1.54, 1.807) is 16.6 Å². The van der Waals surface area contributed by atoms with Crippen LogP contribution in [-0.4, -0.2) is 25.7 Å². The standard InChI is InChI=1S/C19H11Cl2N5OS2/c1-9-23-24-19-26(9)25-18(29-19)10-2-5-12(6-3-10)22-17(27)16-15(21)13-7-4-11(20)8-14(13)28-16/h2-8H,1H3,(H,22,27). The molecule has 0 aliphatic rings. The maximum absolute atomic E-state index is 12.7. The molecule has 29 heavy (non-hydrogen) atoms. The third-order valence-corrected chi connectivity index (χ3v) is 7.17. The molecule has 0 atom stereocenters. The van der Waals surface area contributed by atoms with Crippen LogP contribution in [0, 0.1) is 6.92 Å². The van der Waals surface area contributed by atoms with Gasteiger partial charge >= 0.3 is 0 Å². The Morgan fingerprint density at radius 1 is 1.07 bits per heavy atom. The normalized spacial score (nSPS) is 11.4. The van der Waals surface area contributed by atoms with Gasteiger partial charge in [0, 0.05) is 26.4 Å². The van der Waals surface area contributed by atoms with Crippen LogP contribution in [0.2, 0.25) is 10.0 Å². The van der Waals surface area contributed by atoms with E-state index in [-0.39, 0.29) is 5.91 Å². The minimum atomic E-state index is -0.255. The molecule has 0 saturated carbocycles. The lowest BCUT2D eigenvalue weighted by Gasteiger charge is -2.05. The summed E-state index contributed by atoms with van der Waals surface area (Å²) in [6, 6.07) is 12.9. The van der Waals surface area contributed by atoms with Gasteiger partial charge in [0.15, 0.2) is 5.82 Å². The van der Waals surface area contributed by atoms with Crippen LogP contribution in [0.4, 0.5) is 5.69 Å². The SMILES string of the molecule is Cc1nnc2sc(-c3ccc(NC(=O)c4sc5cc(Cl)ccc5c4Cl)cc3)nn12. The zero-order chi connectivity index (χ0) is 20.1. The first-order chi connectivity index (χ1) is 14.0. The van der Waals surface area contributed by atoms with E-state index in [1.807, 2.05) is 37.3 Å². The van der Waals surface area contributed by atoms with Crippen molar-refractivity contribution in [1.29, 1.82) is 0 Å². The highest BCUT2D eigenvalue weighted by Gasteiger charge is 2.18. The number of nitrogens with one attached hydrogen (secondary N) is 1. The zero-order valence-corrected chi connectivity index (χ0v) is 18.0. The Labute approximate surface area is 182 Å². The first-order valence-electron chi connectivity index (χ1n) is 8.48. The van der Waals surface area contributed by atoms with Gasteiger partial charge in [-0.05, 0) is 43.3 Å². The van der Waals surface area contributed by atoms with Gasteiger partial charge in [-0.2, -0.15) is 9.61 Å². The van der Waals surface area contributed by atoms with Crippen molar-refractivity contribution >= 4 is 72.5 Å². The molecule has 6 nitrogen and oxygen atoms in total. The van der Waals surface area contributed by atoms with Gasteiger partial charge in [0.25, 0.3) is 5.91 Å². The molecule has 5 aromatic rings. The average molecular weight is 460 g/mol. The number of fused-ring (bicyclic) bond motifs is 2. The quantitative estimate of drug-likeness (QED) is 0.362. The van der Waals surface area contributed by atoms with Crippen molar-refractivity contribution in [3.63, 3.8) is 0 Å². The number of hydrogen-bond donors (Lipinski definition) is 1. The molecule has 0 aliphatic heterocycles. The number of thiophene rings is 1. The zero-order valence-electron chi connectivity index (χ0n) is 14.8. The van der Waals surface area contributed by atoms with Crippen LogP contribution in [0.5, 0.6) is 0 Å². The predicted molar refractivity (Wildman–Crippen MR) is 119 cm³/mol. The highest BCUT2D eigenvalue weighted by molar-refractivity contribution is 7.21. The molecular weight excluding hydrogens is 449 g/mol. The second-order valence-electron chi connectivity index (χ2n) is 6.27. The lowest BCUT2D eigenvalue weighted by Crippen LogP contribution is -2.10. The fourth-order valence-corrected chi connectivity index (χ4v) is 5.48. The number of rotatable bonds is 3. The first-order valence-corrected chi connectivity index (χ1v) is 10.9. The van der Waals surface area contributed by atoms with Gasteiger partial charge in [0.2, 0.25) is 4.96 Å². The summed E-state index contributed by atoms with van der Waals surface area (Å²) in [5.74, 6) is 0.488. The summed E-state index contributed by atoms with van der Waals surface area (Å²) in [6.07, 6.45) is 0. The summed E-state index contributed by atoms with van der Waals surface area (Å²) < 4.78 is 2.59. The summed E-state index contributed by atoms with van der Waals surface area (Å²) in [4.78, 5) is 13.9. The second-order valence-corrected chi connectivity index (χ2v) is 9.09. The van der Waals surface area contributed by atoms with Gasteiger partial charge in [-0.15, -0.1) is 21.5 Å². The van der Waals surface area contributed by atoms with E-state index < -0.39 is 0 Å². The topological polar surface area (TPSA) is 72.2 Å². The van der Waals surface area contributed by atoms with Gasteiger partial charge in [-0.1, -0.05) is 40.6 Å². The maximum Gasteiger partial charge on any atom is 0.267 e. The molecule has 0 fully saturated rings. The van der Waals surface area contributed by atoms with Crippen LogP contribution >= 0.6 is 45.9 Å². The molecular formula is C19H11Cl2N5OS2. The molecule has 144 valence electrons. The summed E-state index contributed by atoms with van der Waals surface area (Å²) in [7, 11) is 0. The van der Waals surface area contributed by atoms with Gasteiger partial charge in [0.05, 0.1) is 5.02 Å². The van der Waals surface area contributed by atoms with Gasteiger partial charge < -0.3 is 5.32 Å². The highest BCUT2D eigenvalue weighted by atomic mass is 35.5. The van der Waals surface area contributed by atoms with E-state index in [2.05, 4.69) is 20.6 Å². The number of aryl methyl sites for hydroxylation is 1. The van der Waals surface area contributed by atoms with E-state index in [0.717, 1.165) is 31.4 Å². The van der Waals surface area contributed by atoms with Crippen molar-refractivity contribution in [2.45, 2.75) is 6.92 Å². The summed E-state index contributed by atoms with van der Waals surface area (Å²) in [6.45, 7) is 1.86. The number of anilines is 1. The lowest BCUT2D eigenvalue weighted by atomic mass is 10.2. The van der Waals surface area contributed by atoms with Crippen LogP contribution in [-0.2, 0) is 0 Å². The number of aromatic nitrogens is 4. The van der Waals surface area contributed by atoms with Crippen LogP contribution in [0.1, 0.15) is 15.5 Å². The predicted octanol–water partition coefficient (Wildman–Crippen LogP) is 5.94. The molecule has 3 heterocycles. The molecule has 0 radical (unpaired) electrons. The fraction of sp³-hybridized carbons (Fsp3) is 0.0526. The van der Waals surface area contributed by atoms with Crippen molar-refractivity contribution < 1.29 is 4.79 Å². The molecule has 0 bridgehead atoms. The minimum Gasteiger partial charge on any atom is -0.321 e. The molecule has 3 aromatic heterocycles. The molecule has 0 unspecified atom stereocenters. The molecule has 0 aliphatic carbocycles. The fourth-order valence-electron chi connectivity index (χ4n) is 2.90. The molecule has 1 N–H and O–H groups in total. The number of benzene rings is 2. The van der Waals surface area contributed by atoms with Crippen LogP contribution in [0.15, 0.2) is 42.5 Å². The number of halogens is 2. The Morgan fingerprint density at radius 2 is 1.86 bits per heavy atom. The Balaban J connectivity index is 1.39. The number of hydrogen-bond acceptors (Lipinski definition) is 6. The third-order valence-electron chi connectivity index (χ3n) is 4.33. The second kappa shape index (κ2) is 7.07. The Kier molecular flexibility index (Phi) is 4.51. The molecule has 0 spiro atoms. The minimum absolute atomic E-state index is 0.255. The Hall–Kier alpha value is -2.52. The Morgan fingerprint density at radius 3 is 2.62 bits per heavy atom. The number of nitrogens with zero attached hydrogens (tertiary/aromatic N) is 4. The van der Waals surface area contributed by atoms with Crippen LogP contribution in [0.3, 0.4) is 0 Å². The summed E-state index contributed by atoms with van der Waals surface area (Å²) in [5, 5.41) is 18.2. The largest absolute Gasteiger partial charge is 0.321 e. The van der Waals surface area contributed by atoms with Crippen molar-refractivity contribution in [1.82, 2.24) is 19.8 Å². The molecule has 1 amide bonds. The van der Waals surface area contributed by atoms with Crippen LogP contribution < -0.4 is 5.32 Å². The van der Waals surface area contributed by atoms with Crippen molar-refractivity contribution in [2.75, 3.05) is 5.32 Å². The van der Waals surface area contributed by atoms with Crippen molar-refractivity contribution in [2.24, 2.45) is 0 Å².